The standard InChI is InChI=1S/C6H15PS3/c8-4-1-7(2-5-9)3-6-10/h8-10H,1-6H2. The van der Waals surface area contributed by atoms with E-state index >= 15 is 0 Å². The summed E-state index contributed by atoms with van der Waals surface area (Å²) < 4.78 is 0. The van der Waals surface area contributed by atoms with Gasteiger partial charge in [0, 0.05) is 0 Å². The minimum atomic E-state index is 0.210. The Balaban J connectivity index is 3.30. The maximum absolute atomic E-state index is 4.21. The highest BCUT2D eigenvalue weighted by molar-refractivity contribution is 7.82. The van der Waals surface area contributed by atoms with Gasteiger partial charge in [-0.2, -0.15) is 37.9 Å². The van der Waals surface area contributed by atoms with Gasteiger partial charge in [0.2, 0.25) is 0 Å². The quantitative estimate of drug-likeness (QED) is 0.438. The zero-order chi connectivity index (χ0) is 7.82. The van der Waals surface area contributed by atoms with Crippen molar-refractivity contribution < 1.29 is 0 Å². The van der Waals surface area contributed by atoms with Gasteiger partial charge in [-0.15, -0.1) is 7.92 Å². The summed E-state index contributed by atoms with van der Waals surface area (Å²) in [5, 5.41) is 0. The molecule has 0 N–H and O–H groups in total. The van der Waals surface area contributed by atoms with Crippen molar-refractivity contribution in [3.05, 3.63) is 0 Å². The minimum Gasteiger partial charge on any atom is -0.179 e. The molecule has 4 heteroatoms. The van der Waals surface area contributed by atoms with E-state index in [-0.39, 0.29) is 7.92 Å². The molecular formula is C6H15PS3. The zero-order valence-electron chi connectivity index (χ0n) is 6.03. The van der Waals surface area contributed by atoms with Crippen LogP contribution in [0.5, 0.6) is 0 Å². The molecule has 0 atom stereocenters. The van der Waals surface area contributed by atoms with Crippen molar-refractivity contribution in [3.63, 3.8) is 0 Å². The molecule has 0 bridgehead atoms. The summed E-state index contributed by atoms with van der Waals surface area (Å²) in [4.78, 5) is 0. The monoisotopic (exact) mass is 214 g/mol. The van der Waals surface area contributed by atoms with Crippen molar-refractivity contribution in [2.75, 3.05) is 35.7 Å². The fourth-order valence-corrected chi connectivity index (χ4v) is 4.82. The van der Waals surface area contributed by atoms with E-state index in [1.54, 1.807) is 0 Å². The van der Waals surface area contributed by atoms with Crippen molar-refractivity contribution >= 4 is 45.8 Å². The minimum absolute atomic E-state index is 0.210. The molecule has 0 aromatic rings. The fraction of sp³-hybridized carbons (Fsp3) is 1.00. The van der Waals surface area contributed by atoms with Gasteiger partial charge in [-0.05, 0) is 35.7 Å². The van der Waals surface area contributed by atoms with Crippen LogP contribution in [-0.4, -0.2) is 35.7 Å². The van der Waals surface area contributed by atoms with E-state index in [2.05, 4.69) is 37.9 Å². The number of hydrogen-bond acceptors (Lipinski definition) is 3. The van der Waals surface area contributed by atoms with Crippen molar-refractivity contribution in [2.24, 2.45) is 0 Å². The highest BCUT2D eigenvalue weighted by Gasteiger charge is 2.03. The lowest BCUT2D eigenvalue weighted by Crippen LogP contribution is -1.98. The lowest BCUT2D eigenvalue weighted by atomic mass is 10.9. The maximum Gasteiger partial charge on any atom is -0.00585 e. The molecule has 0 aliphatic heterocycles. The molecular weight excluding hydrogens is 199 g/mol. The molecule has 0 rings (SSSR count). The summed E-state index contributed by atoms with van der Waals surface area (Å²) in [5.41, 5.74) is 0. The second-order valence-electron chi connectivity index (χ2n) is 2.01. The van der Waals surface area contributed by atoms with Crippen LogP contribution in [0.2, 0.25) is 0 Å². The molecule has 0 heterocycles. The molecule has 62 valence electrons. The summed E-state index contributed by atoms with van der Waals surface area (Å²) in [6.45, 7) is 0. The Labute approximate surface area is 81.5 Å². The smallest absolute Gasteiger partial charge is 0.00585 e. The SMILES string of the molecule is SCCP(CCS)CCS. The van der Waals surface area contributed by atoms with Gasteiger partial charge in [0.05, 0.1) is 0 Å². The summed E-state index contributed by atoms with van der Waals surface area (Å²) in [5.74, 6) is 3.06. The molecule has 0 spiro atoms. The Kier molecular flexibility index (Phi) is 9.84. The molecule has 0 aromatic carbocycles. The molecule has 0 saturated heterocycles. The average molecular weight is 214 g/mol. The van der Waals surface area contributed by atoms with Crippen molar-refractivity contribution in [1.29, 1.82) is 0 Å². The zero-order valence-corrected chi connectivity index (χ0v) is 9.61. The third-order valence-electron chi connectivity index (χ3n) is 1.25. The number of hydrogen-bond donors (Lipinski definition) is 3. The Morgan fingerprint density at radius 2 is 1.00 bits per heavy atom. The molecule has 0 fully saturated rings. The Hall–Kier alpha value is 1.48. The Morgan fingerprint density at radius 1 is 0.700 bits per heavy atom. The van der Waals surface area contributed by atoms with Crippen LogP contribution in [0.4, 0.5) is 0 Å². The topological polar surface area (TPSA) is 0 Å². The summed E-state index contributed by atoms with van der Waals surface area (Å²) >= 11 is 12.6. The lowest BCUT2D eigenvalue weighted by molar-refractivity contribution is 1.38. The Morgan fingerprint density at radius 3 is 1.20 bits per heavy atom. The molecule has 0 aliphatic carbocycles. The van der Waals surface area contributed by atoms with Gasteiger partial charge < -0.3 is 0 Å². The van der Waals surface area contributed by atoms with Gasteiger partial charge in [0.25, 0.3) is 0 Å². The van der Waals surface area contributed by atoms with Crippen LogP contribution in [0, 0.1) is 0 Å². The third kappa shape index (κ3) is 6.21. The molecule has 0 aliphatic rings. The van der Waals surface area contributed by atoms with Gasteiger partial charge in [-0.1, -0.05) is 0 Å². The summed E-state index contributed by atoms with van der Waals surface area (Å²) in [6, 6.07) is 0. The molecule has 0 saturated carbocycles. The van der Waals surface area contributed by atoms with E-state index in [9.17, 15) is 0 Å². The van der Waals surface area contributed by atoms with E-state index in [0.717, 1.165) is 17.3 Å². The second kappa shape index (κ2) is 8.58. The van der Waals surface area contributed by atoms with Crippen molar-refractivity contribution in [2.45, 2.75) is 0 Å². The van der Waals surface area contributed by atoms with Crippen LogP contribution in [0.15, 0.2) is 0 Å². The average Bonchev–Trinajstić information content (AvgIpc) is 1.90. The highest BCUT2D eigenvalue weighted by atomic mass is 32.1. The number of rotatable bonds is 6. The van der Waals surface area contributed by atoms with Gasteiger partial charge >= 0.3 is 0 Å². The van der Waals surface area contributed by atoms with Gasteiger partial charge in [-0.3, -0.25) is 0 Å². The third-order valence-corrected chi connectivity index (χ3v) is 5.55. The van der Waals surface area contributed by atoms with Crippen LogP contribution in [0.1, 0.15) is 0 Å². The first kappa shape index (κ1) is 11.5. The van der Waals surface area contributed by atoms with Crippen molar-refractivity contribution in [1.82, 2.24) is 0 Å². The fourth-order valence-electron chi connectivity index (χ4n) is 0.760. The first-order valence-corrected chi connectivity index (χ1v) is 7.19. The molecule has 0 radical (unpaired) electrons. The first-order chi connectivity index (χ1) is 4.85. The highest BCUT2D eigenvalue weighted by Crippen LogP contribution is 2.34. The van der Waals surface area contributed by atoms with Gasteiger partial charge in [0.15, 0.2) is 0 Å². The summed E-state index contributed by atoms with van der Waals surface area (Å²) in [6.07, 6.45) is 3.83. The maximum atomic E-state index is 4.21. The van der Waals surface area contributed by atoms with E-state index in [4.69, 9.17) is 0 Å². The van der Waals surface area contributed by atoms with Crippen molar-refractivity contribution in [3.8, 4) is 0 Å². The lowest BCUT2D eigenvalue weighted by Gasteiger charge is -2.13. The predicted octanol–water partition coefficient (Wildman–Crippen LogP) is 2.26. The van der Waals surface area contributed by atoms with E-state index in [1.165, 1.54) is 18.5 Å². The van der Waals surface area contributed by atoms with Crippen LogP contribution in [0.3, 0.4) is 0 Å². The summed E-state index contributed by atoms with van der Waals surface area (Å²) in [7, 11) is 0.210. The molecule has 0 unspecified atom stereocenters. The van der Waals surface area contributed by atoms with E-state index < -0.39 is 0 Å². The molecule has 0 aromatic heterocycles. The molecule has 0 amide bonds. The van der Waals surface area contributed by atoms with Gasteiger partial charge in [-0.25, -0.2) is 0 Å². The van der Waals surface area contributed by atoms with Crippen LogP contribution >= 0.6 is 45.8 Å². The first-order valence-electron chi connectivity index (χ1n) is 3.40. The largest absolute Gasteiger partial charge is 0.179 e. The Bertz CT molecular complexity index is 55.7. The van der Waals surface area contributed by atoms with Gasteiger partial charge in [0.1, 0.15) is 0 Å². The van der Waals surface area contributed by atoms with Crippen LogP contribution < -0.4 is 0 Å². The molecule has 10 heavy (non-hydrogen) atoms. The van der Waals surface area contributed by atoms with Crippen LogP contribution in [-0.2, 0) is 0 Å². The molecule has 0 nitrogen and oxygen atoms in total. The van der Waals surface area contributed by atoms with Crippen LogP contribution in [0.25, 0.3) is 0 Å². The number of thiol groups is 3. The predicted molar refractivity (Wildman–Crippen MR) is 63.1 cm³/mol. The second-order valence-corrected chi connectivity index (χ2v) is 6.04. The normalized spacial score (nSPS) is 10.8. The van der Waals surface area contributed by atoms with E-state index in [1.807, 2.05) is 0 Å². The van der Waals surface area contributed by atoms with E-state index in [0.29, 0.717) is 0 Å².